The van der Waals surface area contributed by atoms with Gasteiger partial charge in [-0.05, 0) is 42.8 Å². The number of aryl methyl sites for hydroxylation is 1. The number of aromatic nitrogens is 2. The van der Waals surface area contributed by atoms with Gasteiger partial charge in [-0.3, -0.25) is 4.40 Å². The van der Waals surface area contributed by atoms with Gasteiger partial charge in [-0.15, -0.1) is 0 Å². The number of nitrogens with zero attached hydrogens (tertiary/aromatic N) is 2. The van der Waals surface area contributed by atoms with Crippen molar-refractivity contribution in [1.82, 2.24) is 9.38 Å². The van der Waals surface area contributed by atoms with Crippen LogP contribution in [0.25, 0.3) is 16.9 Å². The molecule has 0 aliphatic rings. The Morgan fingerprint density at radius 1 is 1.12 bits per heavy atom. The number of pyridine rings is 1. The molecule has 17 heavy (non-hydrogen) atoms. The average molecular weight is 223 g/mol. The Hall–Kier alpha value is -2.29. The third kappa shape index (κ3) is 1.56. The molecule has 0 aliphatic carbocycles. The fourth-order valence-electron chi connectivity index (χ4n) is 2.01. The van der Waals surface area contributed by atoms with Gasteiger partial charge in [-0.2, -0.15) is 0 Å². The van der Waals surface area contributed by atoms with E-state index in [0.29, 0.717) is 0 Å². The molecular formula is C14H13N3. The second-order valence-electron chi connectivity index (χ2n) is 4.15. The summed E-state index contributed by atoms with van der Waals surface area (Å²) in [6.07, 6.45) is 3.93. The van der Waals surface area contributed by atoms with Crippen LogP contribution in [-0.4, -0.2) is 9.38 Å². The van der Waals surface area contributed by atoms with Gasteiger partial charge in [0.15, 0.2) is 0 Å². The molecule has 2 heterocycles. The predicted octanol–water partition coefficient (Wildman–Crippen LogP) is 2.89. The van der Waals surface area contributed by atoms with Gasteiger partial charge in [0.1, 0.15) is 5.82 Å². The van der Waals surface area contributed by atoms with Crippen molar-refractivity contribution in [1.29, 1.82) is 0 Å². The number of fused-ring (bicyclic) bond motifs is 1. The van der Waals surface area contributed by atoms with Gasteiger partial charge in [0, 0.05) is 17.4 Å². The molecule has 0 fully saturated rings. The molecule has 0 radical (unpaired) electrons. The van der Waals surface area contributed by atoms with Crippen molar-refractivity contribution < 1.29 is 0 Å². The number of benzene rings is 1. The van der Waals surface area contributed by atoms with Crippen LogP contribution in [0.15, 0.2) is 48.8 Å². The molecule has 3 aromatic rings. The first-order valence-corrected chi connectivity index (χ1v) is 5.54. The van der Waals surface area contributed by atoms with E-state index in [1.165, 1.54) is 5.56 Å². The van der Waals surface area contributed by atoms with Crippen LogP contribution in [0.3, 0.4) is 0 Å². The van der Waals surface area contributed by atoms with E-state index in [9.17, 15) is 0 Å². The summed E-state index contributed by atoms with van der Waals surface area (Å²) >= 11 is 0. The summed E-state index contributed by atoms with van der Waals surface area (Å²) in [5, 5.41) is 0. The Balaban J connectivity index is 2.24. The fraction of sp³-hybridized carbons (Fsp3) is 0.0714. The van der Waals surface area contributed by atoms with Crippen LogP contribution in [-0.2, 0) is 0 Å². The standard InChI is InChI=1S/C14H13N3/c1-10-3-2-8-17-13(10)9-16-14(17)11-4-6-12(15)7-5-11/h2-9H,15H2,1H3. The quantitative estimate of drug-likeness (QED) is 0.644. The number of imidazole rings is 1. The fourth-order valence-corrected chi connectivity index (χ4v) is 2.01. The van der Waals surface area contributed by atoms with Gasteiger partial charge in [0.2, 0.25) is 0 Å². The van der Waals surface area contributed by atoms with Gasteiger partial charge < -0.3 is 5.73 Å². The van der Waals surface area contributed by atoms with E-state index in [4.69, 9.17) is 5.73 Å². The summed E-state index contributed by atoms with van der Waals surface area (Å²) in [7, 11) is 0. The highest BCUT2D eigenvalue weighted by Crippen LogP contribution is 2.22. The van der Waals surface area contributed by atoms with Gasteiger partial charge >= 0.3 is 0 Å². The van der Waals surface area contributed by atoms with Gasteiger partial charge in [-0.1, -0.05) is 6.07 Å². The molecule has 2 aromatic heterocycles. The molecule has 0 aliphatic heterocycles. The zero-order valence-electron chi connectivity index (χ0n) is 9.59. The molecule has 0 saturated heterocycles. The zero-order chi connectivity index (χ0) is 11.8. The first-order valence-electron chi connectivity index (χ1n) is 5.54. The molecule has 3 heteroatoms. The minimum Gasteiger partial charge on any atom is -0.399 e. The molecule has 0 atom stereocenters. The maximum Gasteiger partial charge on any atom is 0.144 e. The lowest BCUT2D eigenvalue weighted by molar-refractivity contribution is 1.15. The van der Waals surface area contributed by atoms with Crippen molar-refractivity contribution in [2.75, 3.05) is 5.73 Å². The Morgan fingerprint density at radius 2 is 1.88 bits per heavy atom. The smallest absolute Gasteiger partial charge is 0.144 e. The summed E-state index contributed by atoms with van der Waals surface area (Å²) in [5.41, 5.74) is 9.89. The number of rotatable bonds is 1. The highest BCUT2D eigenvalue weighted by atomic mass is 15.0. The number of hydrogen-bond acceptors (Lipinski definition) is 2. The molecule has 0 bridgehead atoms. The van der Waals surface area contributed by atoms with Gasteiger partial charge in [0.05, 0.1) is 11.7 Å². The Labute approximate surface area is 99.5 Å². The second kappa shape index (κ2) is 3.63. The largest absolute Gasteiger partial charge is 0.399 e. The Morgan fingerprint density at radius 3 is 2.65 bits per heavy atom. The van der Waals surface area contributed by atoms with Gasteiger partial charge in [0.25, 0.3) is 0 Å². The maximum absolute atomic E-state index is 5.69. The van der Waals surface area contributed by atoms with E-state index in [2.05, 4.69) is 22.4 Å². The zero-order valence-corrected chi connectivity index (χ0v) is 9.59. The van der Waals surface area contributed by atoms with Crippen LogP contribution in [0.5, 0.6) is 0 Å². The monoisotopic (exact) mass is 223 g/mol. The normalized spacial score (nSPS) is 10.9. The third-order valence-corrected chi connectivity index (χ3v) is 2.95. The number of nitrogen functional groups attached to an aromatic ring is 1. The van der Waals surface area contributed by atoms with Crippen LogP contribution in [0.4, 0.5) is 5.69 Å². The molecule has 0 saturated carbocycles. The topological polar surface area (TPSA) is 43.3 Å². The average Bonchev–Trinajstić information content (AvgIpc) is 2.75. The first kappa shape index (κ1) is 9.90. The van der Waals surface area contributed by atoms with Crippen molar-refractivity contribution in [2.24, 2.45) is 0 Å². The summed E-state index contributed by atoms with van der Waals surface area (Å²) < 4.78 is 2.10. The minimum absolute atomic E-state index is 0.769. The highest BCUT2D eigenvalue weighted by Gasteiger charge is 2.06. The van der Waals surface area contributed by atoms with E-state index in [-0.39, 0.29) is 0 Å². The van der Waals surface area contributed by atoms with Crippen molar-refractivity contribution in [3.8, 4) is 11.4 Å². The minimum atomic E-state index is 0.769. The van der Waals surface area contributed by atoms with E-state index in [1.54, 1.807) is 0 Å². The number of nitrogens with two attached hydrogens (primary N) is 1. The lowest BCUT2D eigenvalue weighted by Gasteiger charge is -2.03. The van der Waals surface area contributed by atoms with Crippen molar-refractivity contribution in [3.63, 3.8) is 0 Å². The second-order valence-corrected chi connectivity index (χ2v) is 4.15. The molecule has 0 unspecified atom stereocenters. The molecular weight excluding hydrogens is 210 g/mol. The van der Waals surface area contributed by atoms with E-state index in [1.807, 2.05) is 42.7 Å². The van der Waals surface area contributed by atoms with Crippen LogP contribution < -0.4 is 5.73 Å². The van der Waals surface area contributed by atoms with E-state index >= 15 is 0 Å². The molecule has 1 aromatic carbocycles. The van der Waals surface area contributed by atoms with E-state index < -0.39 is 0 Å². The first-order chi connectivity index (χ1) is 8.25. The van der Waals surface area contributed by atoms with Crippen molar-refractivity contribution in [2.45, 2.75) is 6.92 Å². The summed E-state index contributed by atoms with van der Waals surface area (Å²) in [6.45, 7) is 2.09. The lowest BCUT2D eigenvalue weighted by atomic mass is 10.2. The molecule has 3 rings (SSSR count). The number of anilines is 1. The summed E-state index contributed by atoms with van der Waals surface area (Å²) in [5.74, 6) is 0.948. The van der Waals surface area contributed by atoms with E-state index in [0.717, 1.165) is 22.6 Å². The van der Waals surface area contributed by atoms with Gasteiger partial charge in [-0.25, -0.2) is 4.98 Å². The predicted molar refractivity (Wildman–Crippen MR) is 69.8 cm³/mol. The molecule has 84 valence electrons. The van der Waals surface area contributed by atoms with Crippen molar-refractivity contribution >= 4 is 11.2 Å². The Bertz CT molecular complexity index is 666. The molecule has 0 spiro atoms. The molecule has 2 N–H and O–H groups in total. The van der Waals surface area contributed by atoms with Crippen LogP contribution >= 0.6 is 0 Å². The lowest BCUT2D eigenvalue weighted by Crippen LogP contribution is -1.91. The van der Waals surface area contributed by atoms with Crippen LogP contribution in [0, 0.1) is 6.92 Å². The summed E-state index contributed by atoms with van der Waals surface area (Å²) in [6, 6.07) is 11.9. The maximum atomic E-state index is 5.69. The van der Waals surface area contributed by atoms with Crippen molar-refractivity contribution in [3.05, 3.63) is 54.4 Å². The van der Waals surface area contributed by atoms with Crippen LogP contribution in [0.2, 0.25) is 0 Å². The number of hydrogen-bond donors (Lipinski definition) is 1. The highest BCUT2D eigenvalue weighted by molar-refractivity contribution is 5.66. The SMILES string of the molecule is Cc1cccn2c(-c3ccc(N)cc3)ncc12. The van der Waals surface area contributed by atoms with Crippen LogP contribution in [0.1, 0.15) is 5.56 Å². The Kier molecular flexibility index (Phi) is 2.11. The molecule has 0 amide bonds. The summed E-state index contributed by atoms with van der Waals surface area (Å²) in [4.78, 5) is 4.48. The molecule has 3 nitrogen and oxygen atoms in total. The third-order valence-electron chi connectivity index (χ3n) is 2.95.